The van der Waals surface area contributed by atoms with E-state index in [4.69, 9.17) is 0 Å². The molecule has 1 fully saturated rings. The molecular weight excluding hydrogens is 376 g/mol. The van der Waals surface area contributed by atoms with Crippen LogP contribution in [0.2, 0.25) is 0 Å². The molecule has 0 unspecified atom stereocenters. The molecule has 156 valence electrons. The van der Waals surface area contributed by atoms with Gasteiger partial charge < -0.3 is 31.1 Å². The molecule has 1 saturated heterocycles. The van der Waals surface area contributed by atoms with E-state index in [0.29, 0.717) is 0 Å². The fourth-order valence-electron chi connectivity index (χ4n) is 3.97. The number of nitrogens with one attached hydrogen (secondary N) is 4. The molecule has 8 heteroatoms. The van der Waals surface area contributed by atoms with Crippen LogP contribution in [0.5, 0.6) is 0 Å². The van der Waals surface area contributed by atoms with Gasteiger partial charge in [-0.1, -0.05) is 0 Å². The Morgan fingerprint density at radius 3 is 1.33 bits per heavy atom. The Hall–Kier alpha value is -3.42. The van der Waals surface area contributed by atoms with E-state index in [2.05, 4.69) is 89.6 Å². The number of hydrogen-bond donors (Lipinski definition) is 4. The summed E-state index contributed by atoms with van der Waals surface area (Å²) in [6.45, 7) is 7.58. The smallest absolute Gasteiger partial charge is 0.195 e. The first-order valence-electron chi connectivity index (χ1n) is 10.6. The first-order chi connectivity index (χ1) is 14.8. The van der Waals surface area contributed by atoms with Crippen LogP contribution < -0.4 is 31.1 Å². The number of rotatable bonds is 4. The lowest BCUT2D eigenvalue weighted by Gasteiger charge is -2.37. The second-order valence-corrected chi connectivity index (χ2v) is 7.63. The molecule has 0 aromatic heterocycles. The van der Waals surface area contributed by atoms with Gasteiger partial charge in [-0.3, -0.25) is 9.98 Å². The van der Waals surface area contributed by atoms with E-state index in [1.165, 1.54) is 11.4 Å². The lowest BCUT2D eigenvalue weighted by atomic mass is 10.2. The molecule has 0 aliphatic carbocycles. The highest BCUT2D eigenvalue weighted by atomic mass is 15.3. The Labute approximate surface area is 177 Å². The Kier molecular flexibility index (Phi) is 5.28. The topological polar surface area (TPSA) is 79.3 Å². The van der Waals surface area contributed by atoms with Crippen LogP contribution in [0, 0.1) is 0 Å². The summed E-state index contributed by atoms with van der Waals surface area (Å²) in [5, 5.41) is 13.1. The van der Waals surface area contributed by atoms with Gasteiger partial charge in [-0.2, -0.15) is 0 Å². The molecule has 2 aromatic carbocycles. The molecule has 0 amide bonds. The van der Waals surface area contributed by atoms with Crippen molar-refractivity contribution in [2.24, 2.45) is 9.98 Å². The zero-order valence-corrected chi connectivity index (χ0v) is 17.1. The van der Waals surface area contributed by atoms with Crippen molar-refractivity contribution in [1.82, 2.24) is 10.6 Å². The van der Waals surface area contributed by atoms with Crippen molar-refractivity contribution in [2.45, 2.75) is 0 Å². The van der Waals surface area contributed by atoms with E-state index < -0.39 is 0 Å². The van der Waals surface area contributed by atoms with Crippen molar-refractivity contribution in [2.75, 3.05) is 72.8 Å². The third-order valence-electron chi connectivity index (χ3n) is 5.62. The van der Waals surface area contributed by atoms with E-state index in [1.54, 1.807) is 0 Å². The Morgan fingerprint density at radius 1 is 0.600 bits per heavy atom. The minimum Gasteiger partial charge on any atom is -0.368 e. The van der Waals surface area contributed by atoms with Crippen molar-refractivity contribution < 1.29 is 0 Å². The highest BCUT2D eigenvalue weighted by molar-refractivity contribution is 5.95. The fourth-order valence-corrected chi connectivity index (χ4v) is 3.97. The summed E-state index contributed by atoms with van der Waals surface area (Å²) in [7, 11) is 0. The van der Waals surface area contributed by atoms with Crippen molar-refractivity contribution >= 4 is 34.7 Å². The minimum atomic E-state index is 0.844. The molecule has 0 bridgehead atoms. The van der Waals surface area contributed by atoms with Gasteiger partial charge in [-0.15, -0.1) is 0 Å². The third kappa shape index (κ3) is 4.27. The summed E-state index contributed by atoms with van der Waals surface area (Å²) in [6, 6.07) is 17.3. The summed E-state index contributed by atoms with van der Waals surface area (Å²) in [5.74, 6) is 1.73. The van der Waals surface area contributed by atoms with Crippen LogP contribution in [-0.4, -0.2) is 64.3 Å². The zero-order chi connectivity index (χ0) is 20.2. The maximum Gasteiger partial charge on any atom is 0.195 e. The second kappa shape index (κ2) is 8.52. The quantitative estimate of drug-likeness (QED) is 0.622. The monoisotopic (exact) mass is 404 g/mol. The zero-order valence-electron chi connectivity index (χ0n) is 17.1. The number of benzene rings is 2. The molecule has 0 spiro atoms. The SMILES string of the molecule is c1cc(N2CCN(c3ccc(NC4=NCCN4)cc3)CC2)ccc1NC1=NCCN1. The van der Waals surface area contributed by atoms with Gasteiger partial charge in [-0.25, -0.2) is 0 Å². The molecule has 0 atom stereocenters. The predicted molar refractivity (Wildman–Crippen MR) is 125 cm³/mol. The van der Waals surface area contributed by atoms with E-state index in [0.717, 1.165) is 75.7 Å². The van der Waals surface area contributed by atoms with Gasteiger partial charge in [0.2, 0.25) is 0 Å². The molecule has 3 heterocycles. The lowest BCUT2D eigenvalue weighted by molar-refractivity contribution is 0.653. The van der Waals surface area contributed by atoms with Crippen LogP contribution in [0.3, 0.4) is 0 Å². The van der Waals surface area contributed by atoms with Crippen LogP contribution in [0.25, 0.3) is 0 Å². The molecule has 2 aromatic rings. The van der Waals surface area contributed by atoms with E-state index in [-0.39, 0.29) is 0 Å². The van der Waals surface area contributed by atoms with Gasteiger partial charge >= 0.3 is 0 Å². The molecule has 30 heavy (non-hydrogen) atoms. The lowest BCUT2D eigenvalue weighted by Crippen LogP contribution is -2.46. The average Bonchev–Trinajstić information content (AvgIpc) is 3.50. The molecule has 0 radical (unpaired) electrons. The Balaban J connectivity index is 1.14. The van der Waals surface area contributed by atoms with Gasteiger partial charge in [0.05, 0.1) is 13.1 Å². The Bertz CT molecular complexity index is 834. The number of anilines is 4. The number of hydrogen-bond acceptors (Lipinski definition) is 8. The van der Waals surface area contributed by atoms with Gasteiger partial charge in [0, 0.05) is 62.0 Å². The molecule has 0 saturated carbocycles. The molecule has 4 N–H and O–H groups in total. The molecule has 8 nitrogen and oxygen atoms in total. The first kappa shape index (κ1) is 18.6. The highest BCUT2D eigenvalue weighted by Gasteiger charge is 2.18. The summed E-state index contributed by atoms with van der Waals surface area (Å²) in [5.41, 5.74) is 4.67. The first-order valence-corrected chi connectivity index (χ1v) is 10.6. The van der Waals surface area contributed by atoms with Gasteiger partial charge in [0.25, 0.3) is 0 Å². The van der Waals surface area contributed by atoms with Crippen LogP contribution in [-0.2, 0) is 0 Å². The van der Waals surface area contributed by atoms with E-state index in [9.17, 15) is 0 Å². The number of aliphatic imine (C=N–C) groups is 2. The van der Waals surface area contributed by atoms with Crippen LogP contribution >= 0.6 is 0 Å². The normalized spacial score (nSPS) is 18.4. The van der Waals surface area contributed by atoms with Gasteiger partial charge in [-0.05, 0) is 48.5 Å². The minimum absolute atomic E-state index is 0.844. The standard InChI is InChI=1S/C22H28N8/c1-5-19(6-2-17(1)27-21-23-9-10-24-21)29-13-15-30(16-14-29)20-7-3-18(4-8-20)28-22-25-11-12-26-22/h1-8H,9-16H2,(H2,23,24,27)(H2,25,26,28). The molecular formula is C22H28N8. The number of guanidine groups is 2. The van der Waals surface area contributed by atoms with Gasteiger partial charge in [0.1, 0.15) is 0 Å². The number of piperazine rings is 1. The molecule has 3 aliphatic rings. The predicted octanol–water partition coefficient (Wildman–Crippen LogP) is 1.76. The average molecular weight is 405 g/mol. The Morgan fingerprint density at radius 2 is 1.00 bits per heavy atom. The van der Waals surface area contributed by atoms with E-state index in [1.807, 2.05) is 0 Å². The van der Waals surface area contributed by atoms with Crippen molar-refractivity contribution in [3.8, 4) is 0 Å². The van der Waals surface area contributed by atoms with Crippen LogP contribution in [0.15, 0.2) is 58.5 Å². The maximum absolute atomic E-state index is 4.38. The second-order valence-electron chi connectivity index (χ2n) is 7.63. The summed E-state index contributed by atoms with van der Waals surface area (Å²) >= 11 is 0. The summed E-state index contributed by atoms with van der Waals surface area (Å²) in [4.78, 5) is 13.7. The number of nitrogens with zero attached hydrogens (tertiary/aromatic N) is 4. The third-order valence-corrected chi connectivity index (χ3v) is 5.62. The van der Waals surface area contributed by atoms with Gasteiger partial charge in [0.15, 0.2) is 11.9 Å². The van der Waals surface area contributed by atoms with E-state index >= 15 is 0 Å². The van der Waals surface area contributed by atoms with Crippen LogP contribution in [0.4, 0.5) is 22.7 Å². The van der Waals surface area contributed by atoms with Crippen molar-refractivity contribution in [1.29, 1.82) is 0 Å². The van der Waals surface area contributed by atoms with Crippen molar-refractivity contribution in [3.05, 3.63) is 48.5 Å². The summed E-state index contributed by atoms with van der Waals surface area (Å²) < 4.78 is 0. The van der Waals surface area contributed by atoms with Crippen molar-refractivity contribution in [3.63, 3.8) is 0 Å². The van der Waals surface area contributed by atoms with Crippen LogP contribution in [0.1, 0.15) is 0 Å². The fraction of sp³-hybridized carbons (Fsp3) is 0.364. The summed E-state index contributed by atoms with van der Waals surface area (Å²) in [6.07, 6.45) is 0. The highest BCUT2D eigenvalue weighted by Crippen LogP contribution is 2.23. The molecule has 5 rings (SSSR count). The molecule has 3 aliphatic heterocycles. The maximum atomic E-state index is 4.38. The largest absolute Gasteiger partial charge is 0.368 e.